The predicted octanol–water partition coefficient (Wildman–Crippen LogP) is 6.28. The second kappa shape index (κ2) is 11.4. The van der Waals surface area contributed by atoms with Gasteiger partial charge in [-0.05, 0) is 50.7 Å². The Labute approximate surface area is 222 Å². The van der Waals surface area contributed by atoms with Gasteiger partial charge in [-0.2, -0.15) is 0 Å². The quantitative estimate of drug-likeness (QED) is 0.282. The van der Waals surface area contributed by atoms with Gasteiger partial charge >= 0.3 is 0 Å². The standard InChI is InChI=1S/C30H34FN5O2/c1-4-25(5-2)36-18-22(10-13-29(36)37)27-17-32-19(3)30(34-27)28-15-26(35-38-28)21-8-6-20(7-9-21)16-33-24-12-11-23(31)14-24/h6-10,13,15,17-18,23-25,33H,4-5,11-12,14,16H2,1-3H3/t23?,24-/m1/s1. The molecule has 1 aliphatic carbocycles. The smallest absolute Gasteiger partial charge is 0.250 e. The maximum absolute atomic E-state index is 13.4. The number of aryl methyl sites for hydroxylation is 1. The van der Waals surface area contributed by atoms with Crippen LogP contribution in [0, 0.1) is 6.92 Å². The van der Waals surface area contributed by atoms with Gasteiger partial charge in [-0.25, -0.2) is 9.37 Å². The largest absolute Gasteiger partial charge is 0.354 e. The number of hydrogen-bond acceptors (Lipinski definition) is 6. The molecule has 5 rings (SSSR count). The highest BCUT2D eigenvalue weighted by molar-refractivity contribution is 5.68. The summed E-state index contributed by atoms with van der Waals surface area (Å²) >= 11 is 0. The number of pyridine rings is 1. The van der Waals surface area contributed by atoms with Gasteiger partial charge in [0.15, 0.2) is 5.76 Å². The molecular formula is C30H34FN5O2. The summed E-state index contributed by atoms with van der Waals surface area (Å²) in [6, 6.07) is 13.8. The van der Waals surface area contributed by atoms with Crippen LogP contribution < -0.4 is 10.9 Å². The van der Waals surface area contributed by atoms with Crippen molar-refractivity contribution in [1.29, 1.82) is 0 Å². The third-order valence-electron chi connectivity index (χ3n) is 7.48. The molecule has 198 valence electrons. The van der Waals surface area contributed by atoms with Crippen LogP contribution in [0.1, 0.15) is 63.3 Å². The zero-order chi connectivity index (χ0) is 26.6. The van der Waals surface area contributed by atoms with Crippen LogP contribution in [0.3, 0.4) is 0 Å². The van der Waals surface area contributed by atoms with Crippen molar-refractivity contribution in [2.45, 2.75) is 77.7 Å². The molecule has 0 spiro atoms. The lowest BCUT2D eigenvalue weighted by atomic mass is 10.1. The Kier molecular flexibility index (Phi) is 7.79. The predicted molar refractivity (Wildman–Crippen MR) is 146 cm³/mol. The third kappa shape index (κ3) is 5.60. The molecule has 0 bridgehead atoms. The number of halogens is 1. The summed E-state index contributed by atoms with van der Waals surface area (Å²) in [7, 11) is 0. The molecular weight excluding hydrogens is 481 g/mol. The van der Waals surface area contributed by atoms with Gasteiger partial charge in [-0.1, -0.05) is 43.3 Å². The molecule has 1 aromatic carbocycles. The summed E-state index contributed by atoms with van der Waals surface area (Å²) in [6.07, 6.45) is 6.83. The van der Waals surface area contributed by atoms with E-state index in [2.05, 4.69) is 41.4 Å². The van der Waals surface area contributed by atoms with E-state index >= 15 is 0 Å². The molecule has 0 radical (unpaired) electrons. The number of rotatable bonds is 9. The van der Waals surface area contributed by atoms with Gasteiger partial charge < -0.3 is 14.4 Å². The highest BCUT2D eigenvalue weighted by Crippen LogP contribution is 2.29. The van der Waals surface area contributed by atoms with E-state index in [1.807, 2.05) is 31.3 Å². The highest BCUT2D eigenvalue weighted by Gasteiger charge is 2.23. The van der Waals surface area contributed by atoms with Crippen molar-refractivity contribution >= 4 is 0 Å². The van der Waals surface area contributed by atoms with Gasteiger partial charge in [0.1, 0.15) is 17.6 Å². The average molecular weight is 516 g/mol. The van der Waals surface area contributed by atoms with Crippen molar-refractivity contribution in [2.75, 3.05) is 0 Å². The van der Waals surface area contributed by atoms with E-state index in [9.17, 15) is 9.18 Å². The summed E-state index contributed by atoms with van der Waals surface area (Å²) in [6.45, 7) is 6.77. The monoisotopic (exact) mass is 515 g/mol. The van der Waals surface area contributed by atoms with E-state index in [4.69, 9.17) is 9.51 Å². The van der Waals surface area contributed by atoms with Gasteiger partial charge in [-0.15, -0.1) is 0 Å². The zero-order valence-electron chi connectivity index (χ0n) is 22.2. The zero-order valence-corrected chi connectivity index (χ0v) is 22.2. The van der Waals surface area contributed by atoms with Crippen LogP contribution in [-0.2, 0) is 6.54 Å². The van der Waals surface area contributed by atoms with Crippen molar-refractivity contribution < 1.29 is 8.91 Å². The molecule has 8 heteroatoms. The van der Waals surface area contributed by atoms with E-state index in [0.29, 0.717) is 42.2 Å². The van der Waals surface area contributed by atoms with Gasteiger partial charge in [0.25, 0.3) is 5.56 Å². The first kappa shape index (κ1) is 26.0. The molecule has 1 saturated carbocycles. The normalized spacial score (nSPS) is 17.4. The number of aromatic nitrogens is 4. The molecule has 0 aliphatic heterocycles. The Morgan fingerprint density at radius 2 is 1.84 bits per heavy atom. The fourth-order valence-electron chi connectivity index (χ4n) is 5.13. The first-order valence-electron chi connectivity index (χ1n) is 13.4. The summed E-state index contributed by atoms with van der Waals surface area (Å²) in [5.74, 6) is 0.535. The van der Waals surface area contributed by atoms with Crippen molar-refractivity contribution in [3.05, 3.63) is 76.5 Å². The lowest BCUT2D eigenvalue weighted by molar-refractivity contribution is 0.333. The van der Waals surface area contributed by atoms with Crippen LogP contribution in [0.2, 0.25) is 0 Å². The van der Waals surface area contributed by atoms with Gasteiger partial charge in [0.2, 0.25) is 0 Å². The number of alkyl halides is 1. The summed E-state index contributed by atoms with van der Waals surface area (Å²) < 4.78 is 20.9. The second-order valence-electron chi connectivity index (χ2n) is 10.1. The van der Waals surface area contributed by atoms with E-state index in [1.54, 1.807) is 22.9 Å². The van der Waals surface area contributed by atoms with E-state index in [0.717, 1.165) is 41.6 Å². The number of hydrogen-bond donors (Lipinski definition) is 1. The molecule has 1 N–H and O–H groups in total. The van der Waals surface area contributed by atoms with Gasteiger partial charge in [-0.3, -0.25) is 9.78 Å². The Balaban J connectivity index is 1.35. The van der Waals surface area contributed by atoms with E-state index in [-0.39, 0.29) is 17.6 Å². The van der Waals surface area contributed by atoms with Crippen LogP contribution in [0.15, 0.2) is 64.2 Å². The van der Waals surface area contributed by atoms with Crippen molar-refractivity contribution in [1.82, 2.24) is 25.0 Å². The minimum absolute atomic E-state index is 0.0173. The number of nitrogens with zero attached hydrogens (tertiary/aromatic N) is 4. The maximum atomic E-state index is 13.4. The fourth-order valence-corrected chi connectivity index (χ4v) is 5.13. The maximum Gasteiger partial charge on any atom is 0.250 e. The molecule has 2 atom stereocenters. The summed E-state index contributed by atoms with van der Waals surface area (Å²) in [5, 5.41) is 7.73. The SMILES string of the molecule is CCC(CC)n1cc(-c2cnc(C)c(-c3cc(-c4ccc(CN[C@@H]5CCC(F)C5)cc4)no3)n2)ccc1=O. The van der Waals surface area contributed by atoms with Gasteiger partial charge in [0.05, 0.1) is 17.6 Å². The van der Waals surface area contributed by atoms with E-state index < -0.39 is 6.17 Å². The van der Waals surface area contributed by atoms with Crippen molar-refractivity contribution in [3.63, 3.8) is 0 Å². The van der Waals surface area contributed by atoms with Gasteiger partial charge in [0, 0.05) is 48.1 Å². The minimum atomic E-state index is -0.672. The lowest BCUT2D eigenvalue weighted by Crippen LogP contribution is -2.25. The molecule has 3 heterocycles. The minimum Gasteiger partial charge on any atom is -0.354 e. The van der Waals surface area contributed by atoms with Crippen molar-refractivity contribution in [2.24, 2.45) is 0 Å². The molecule has 3 aromatic heterocycles. The average Bonchev–Trinajstić information content (AvgIpc) is 3.59. The van der Waals surface area contributed by atoms with E-state index in [1.165, 1.54) is 0 Å². The summed E-state index contributed by atoms with van der Waals surface area (Å²) in [4.78, 5) is 21.8. The number of benzene rings is 1. The Morgan fingerprint density at radius 1 is 1.08 bits per heavy atom. The molecule has 4 aromatic rings. The van der Waals surface area contributed by atoms with Crippen LogP contribution in [0.5, 0.6) is 0 Å². The molecule has 0 saturated heterocycles. The molecule has 0 amide bonds. The first-order chi connectivity index (χ1) is 18.4. The topological polar surface area (TPSA) is 85.8 Å². The Morgan fingerprint density at radius 3 is 2.55 bits per heavy atom. The van der Waals surface area contributed by atoms with Crippen LogP contribution in [0.4, 0.5) is 4.39 Å². The highest BCUT2D eigenvalue weighted by atomic mass is 19.1. The molecule has 1 unspecified atom stereocenters. The van der Waals surface area contributed by atoms with Crippen LogP contribution in [0.25, 0.3) is 34.0 Å². The second-order valence-corrected chi connectivity index (χ2v) is 10.1. The summed E-state index contributed by atoms with van der Waals surface area (Å²) in [5.41, 5.74) is 5.62. The third-order valence-corrected chi connectivity index (χ3v) is 7.48. The fraction of sp³-hybridized carbons (Fsp3) is 0.400. The Bertz CT molecular complexity index is 1440. The number of nitrogens with one attached hydrogen (secondary N) is 1. The van der Waals surface area contributed by atoms with Crippen molar-refractivity contribution in [3.8, 4) is 34.0 Å². The van der Waals surface area contributed by atoms with Crippen LogP contribution in [-0.4, -0.2) is 31.9 Å². The molecule has 7 nitrogen and oxygen atoms in total. The Hall–Kier alpha value is -3.65. The lowest BCUT2D eigenvalue weighted by Gasteiger charge is -2.17. The molecule has 1 fully saturated rings. The first-order valence-corrected chi connectivity index (χ1v) is 13.4. The molecule has 1 aliphatic rings. The molecule has 38 heavy (non-hydrogen) atoms. The van der Waals surface area contributed by atoms with Crippen LogP contribution >= 0.6 is 0 Å².